The topological polar surface area (TPSA) is 20.2 Å². The largest absolute Gasteiger partial charge is 0.388 e. The van der Waals surface area contributed by atoms with Gasteiger partial charge in [-0.1, -0.05) is 51.1 Å². The summed E-state index contributed by atoms with van der Waals surface area (Å²) in [5.74, 6) is 0.757. The van der Waals surface area contributed by atoms with Crippen molar-refractivity contribution in [3.05, 3.63) is 35.9 Å². The lowest BCUT2D eigenvalue weighted by Crippen LogP contribution is -2.11. The third kappa shape index (κ3) is 4.16. The van der Waals surface area contributed by atoms with Crippen LogP contribution in [0.15, 0.2) is 30.3 Å². The van der Waals surface area contributed by atoms with Gasteiger partial charge in [-0.25, -0.2) is 0 Å². The second kappa shape index (κ2) is 4.85. The van der Waals surface area contributed by atoms with Crippen molar-refractivity contribution >= 4 is 11.8 Å². The Morgan fingerprint density at radius 2 is 1.79 bits per heavy atom. The Morgan fingerprint density at radius 3 is 2.29 bits per heavy atom. The third-order valence-electron chi connectivity index (χ3n) is 1.86. The molecule has 1 nitrogen and oxygen atoms in total. The minimum atomic E-state index is -0.347. The Kier molecular flexibility index (Phi) is 4.02. The Bertz CT molecular complexity index is 263. The molecule has 1 rings (SSSR count). The van der Waals surface area contributed by atoms with Gasteiger partial charge in [-0.3, -0.25) is 0 Å². The zero-order valence-electron chi connectivity index (χ0n) is 9.03. The van der Waals surface area contributed by atoms with E-state index in [1.807, 2.05) is 30.3 Å². The SMILES string of the molecule is CC(C)(C)SCC(O)c1ccccc1. The monoisotopic (exact) mass is 210 g/mol. The van der Waals surface area contributed by atoms with Crippen LogP contribution in [0.3, 0.4) is 0 Å². The highest BCUT2D eigenvalue weighted by Crippen LogP contribution is 2.28. The minimum Gasteiger partial charge on any atom is -0.388 e. The van der Waals surface area contributed by atoms with Crippen LogP contribution in [-0.4, -0.2) is 15.6 Å². The summed E-state index contributed by atoms with van der Waals surface area (Å²) in [6.45, 7) is 6.49. The van der Waals surface area contributed by atoms with E-state index < -0.39 is 0 Å². The molecular weight excluding hydrogens is 192 g/mol. The summed E-state index contributed by atoms with van der Waals surface area (Å²) < 4.78 is 0.218. The van der Waals surface area contributed by atoms with Gasteiger partial charge >= 0.3 is 0 Å². The summed E-state index contributed by atoms with van der Waals surface area (Å²) in [4.78, 5) is 0. The van der Waals surface area contributed by atoms with E-state index >= 15 is 0 Å². The number of hydrogen-bond donors (Lipinski definition) is 1. The zero-order valence-corrected chi connectivity index (χ0v) is 9.84. The second-order valence-electron chi connectivity index (χ2n) is 4.35. The van der Waals surface area contributed by atoms with Crippen LogP contribution in [0.25, 0.3) is 0 Å². The molecule has 0 saturated carbocycles. The Morgan fingerprint density at radius 1 is 1.21 bits per heavy atom. The average Bonchev–Trinajstić information content (AvgIpc) is 2.14. The first-order valence-corrected chi connectivity index (χ1v) is 5.84. The highest BCUT2D eigenvalue weighted by atomic mass is 32.2. The van der Waals surface area contributed by atoms with E-state index in [2.05, 4.69) is 20.8 Å². The molecule has 1 atom stereocenters. The highest BCUT2D eigenvalue weighted by Gasteiger charge is 2.14. The first kappa shape index (κ1) is 11.6. The lowest BCUT2D eigenvalue weighted by molar-refractivity contribution is 0.204. The van der Waals surface area contributed by atoms with Crippen LogP contribution in [-0.2, 0) is 0 Å². The van der Waals surface area contributed by atoms with Crippen molar-refractivity contribution in [1.82, 2.24) is 0 Å². The van der Waals surface area contributed by atoms with Crippen LogP contribution in [0.5, 0.6) is 0 Å². The van der Waals surface area contributed by atoms with E-state index in [1.54, 1.807) is 11.8 Å². The summed E-state index contributed by atoms with van der Waals surface area (Å²) in [5.41, 5.74) is 1.00. The number of hydrogen-bond acceptors (Lipinski definition) is 2. The fourth-order valence-electron chi connectivity index (χ4n) is 1.10. The van der Waals surface area contributed by atoms with Crippen LogP contribution < -0.4 is 0 Å². The number of rotatable bonds is 3. The Hall–Kier alpha value is -0.470. The quantitative estimate of drug-likeness (QED) is 0.826. The average molecular weight is 210 g/mol. The molecule has 78 valence electrons. The summed E-state index contributed by atoms with van der Waals surface area (Å²) in [6, 6.07) is 9.81. The fraction of sp³-hybridized carbons (Fsp3) is 0.500. The van der Waals surface area contributed by atoms with Crippen LogP contribution in [0.1, 0.15) is 32.4 Å². The Labute approximate surface area is 90.5 Å². The molecule has 0 radical (unpaired) electrons. The van der Waals surface area contributed by atoms with Gasteiger partial charge in [-0.05, 0) is 5.56 Å². The Balaban J connectivity index is 2.48. The van der Waals surface area contributed by atoms with Gasteiger partial charge in [0.05, 0.1) is 6.10 Å². The van der Waals surface area contributed by atoms with Crippen molar-refractivity contribution in [3.8, 4) is 0 Å². The van der Waals surface area contributed by atoms with Gasteiger partial charge in [0.1, 0.15) is 0 Å². The first-order chi connectivity index (χ1) is 6.49. The molecule has 0 aliphatic heterocycles. The number of thioether (sulfide) groups is 1. The first-order valence-electron chi connectivity index (χ1n) is 4.86. The molecule has 1 aromatic carbocycles. The molecule has 0 fully saturated rings. The van der Waals surface area contributed by atoms with Gasteiger partial charge in [-0.2, -0.15) is 11.8 Å². The summed E-state index contributed by atoms with van der Waals surface area (Å²) in [5, 5.41) is 9.86. The maximum atomic E-state index is 9.86. The van der Waals surface area contributed by atoms with Crippen LogP contribution >= 0.6 is 11.8 Å². The van der Waals surface area contributed by atoms with Crippen LogP contribution in [0, 0.1) is 0 Å². The molecule has 1 aromatic rings. The molecule has 0 aliphatic rings. The van der Waals surface area contributed by atoms with E-state index in [1.165, 1.54) is 0 Å². The van der Waals surface area contributed by atoms with Crippen molar-refractivity contribution in [2.24, 2.45) is 0 Å². The van der Waals surface area contributed by atoms with Crippen molar-refractivity contribution in [2.75, 3.05) is 5.75 Å². The molecular formula is C12H18OS. The number of aliphatic hydroxyl groups is 1. The van der Waals surface area contributed by atoms with Crippen LogP contribution in [0.4, 0.5) is 0 Å². The van der Waals surface area contributed by atoms with Crippen molar-refractivity contribution in [3.63, 3.8) is 0 Å². The molecule has 14 heavy (non-hydrogen) atoms. The normalized spacial score (nSPS) is 14.0. The van der Waals surface area contributed by atoms with Gasteiger partial charge in [0.15, 0.2) is 0 Å². The summed E-state index contributed by atoms with van der Waals surface area (Å²) in [6.07, 6.45) is -0.347. The lowest BCUT2D eigenvalue weighted by atomic mass is 10.1. The minimum absolute atomic E-state index is 0.218. The van der Waals surface area contributed by atoms with Crippen LogP contribution in [0.2, 0.25) is 0 Å². The van der Waals surface area contributed by atoms with Gasteiger partial charge in [-0.15, -0.1) is 0 Å². The van der Waals surface area contributed by atoms with E-state index in [9.17, 15) is 5.11 Å². The standard InChI is InChI=1S/C12H18OS/c1-12(2,3)14-9-11(13)10-7-5-4-6-8-10/h4-8,11,13H,9H2,1-3H3. The molecule has 0 bridgehead atoms. The van der Waals surface area contributed by atoms with Gasteiger partial charge in [0, 0.05) is 10.5 Å². The molecule has 0 heterocycles. The maximum Gasteiger partial charge on any atom is 0.0880 e. The van der Waals surface area contributed by atoms with Crippen molar-refractivity contribution in [1.29, 1.82) is 0 Å². The smallest absolute Gasteiger partial charge is 0.0880 e. The lowest BCUT2D eigenvalue weighted by Gasteiger charge is -2.20. The number of aliphatic hydroxyl groups excluding tert-OH is 1. The van der Waals surface area contributed by atoms with E-state index in [-0.39, 0.29) is 10.9 Å². The fourth-order valence-corrected chi connectivity index (χ4v) is 1.95. The molecule has 0 aliphatic carbocycles. The van der Waals surface area contributed by atoms with E-state index in [4.69, 9.17) is 0 Å². The van der Waals surface area contributed by atoms with Crippen molar-refractivity contribution < 1.29 is 5.11 Å². The summed E-state index contributed by atoms with van der Waals surface area (Å²) in [7, 11) is 0. The predicted octanol–water partition coefficient (Wildman–Crippen LogP) is 3.25. The van der Waals surface area contributed by atoms with Gasteiger partial charge in [0.25, 0.3) is 0 Å². The predicted molar refractivity (Wildman–Crippen MR) is 63.6 cm³/mol. The molecule has 0 aromatic heterocycles. The zero-order chi connectivity index (χ0) is 10.6. The van der Waals surface area contributed by atoms with Crippen molar-refractivity contribution in [2.45, 2.75) is 31.6 Å². The van der Waals surface area contributed by atoms with Gasteiger partial charge in [0.2, 0.25) is 0 Å². The highest BCUT2D eigenvalue weighted by molar-refractivity contribution is 8.00. The van der Waals surface area contributed by atoms with E-state index in [0.717, 1.165) is 11.3 Å². The molecule has 1 unspecified atom stereocenters. The van der Waals surface area contributed by atoms with Gasteiger partial charge < -0.3 is 5.11 Å². The maximum absolute atomic E-state index is 9.86. The third-order valence-corrected chi connectivity index (χ3v) is 3.21. The molecule has 2 heteroatoms. The molecule has 0 saturated heterocycles. The molecule has 0 spiro atoms. The second-order valence-corrected chi connectivity index (χ2v) is 6.20. The van der Waals surface area contributed by atoms with E-state index in [0.29, 0.717) is 0 Å². The molecule has 0 amide bonds. The molecule has 1 N–H and O–H groups in total. The number of benzene rings is 1. The summed E-state index contributed by atoms with van der Waals surface area (Å²) >= 11 is 1.79.